The lowest BCUT2D eigenvalue weighted by Crippen LogP contribution is -2.17. The standard InChI is InChI=1S/C49H46N4O/c1-48(2,3)37-30-41(46(54)42(31-37)49(4,5)6)47-51-45-40(22-15-23-43(45)52(47)32-33-25-26-34-16-10-11-17-35(34)28-33)36-18-14-21-39(29-36)53(38-19-8-7-9-20-38)44-24-12-13-27-50-44/h7-31,54H,32H2,1-6H3. The lowest BCUT2D eigenvalue weighted by atomic mass is 9.79. The molecule has 0 saturated carbocycles. The van der Waals surface area contributed by atoms with Gasteiger partial charge in [0.25, 0.3) is 0 Å². The van der Waals surface area contributed by atoms with Crippen LogP contribution in [0.4, 0.5) is 17.2 Å². The second kappa shape index (κ2) is 13.7. The van der Waals surface area contributed by atoms with E-state index in [9.17, 15) is 5.11 Å². The van der Waals surface area contributed by atoms with E-state index in [2.05, 4.69) is 172 Å². The first-order valence-electron chi connectivity index (χ1n) is 18.7. The quantitative estimate of drug-likeness (QED) is 0.179. The van der Waals surface area contributed by atoms with Gasteiger partial charge in [-0.3, -0.25) is 4.90 Å². The smallest absolute Gasteiger partial charge is 0.145 e. The van der Waals surface area contributed by atoms with Crippen LogP contribution in [-0.2, 0) is 17.4 Å². The van der Waals surface area contributed by atoms with Gasteiger partial charge in [0, 0.05) is 35.2 Å². The van der Waals surface area contributed by atoms with Gasteiger partial charge in [-0.2, -0.15) is 0 Å². The third-order valence-corrected chi connectivity index (χ3v) is 10.3. The minimum atomic E-state index is -0.279. The Balaban J connectivity index is 1.35. The summed E-state index contributed by atoms with van der Waals surface area (Å²) < 4.78 is 2.28. The van der Waals surface area contributed by atoms with Crippen molar-refractivity contribution in [1.29, 1.82) is 0 Å². The van der Waals surface area contributed by atoms with Gasteiger partial charge in [0.1, 0.15) is 17.4 Å². The van der Waals surface area contributed by atoms with Crippen LogP contribution in [0.2, 0.25) is 0 Å². The zero-order chi connectivity index (χ0) is 37.6. The molecule has 6 aromatic carbocycles. The molecule has 0 fully saturated rings. The van der Waals surface area contributed by atoms with Crippen LogP contribution in [0, 0.1) is 0 Å². The first-order chi connectivity index (χ1) is 26.0. The Morgan fingerprint density at radius 3 is 2.07 bits per heavy atom. The molecule has 0 saturated heterocycles. The zero-order valence-electron chi connectivity index (χ0n) is 31.9. The maximum atomic E-state index is 12.2. The van der Waals surface area contributed by atoms with Crippen molar-refractivity contribution in [2.75, 3.05) is 4.90 Å². The number of pyridine rings is 1. The van der Waals surface area contributed by atoms with Gasteiger partial charge >= 0.3 is 0 Å². The van der Waals surface area contributed by atoms with Crippen LogP contribution in [0.5, 0.6) is 5.75 Å². The monoisotopic (exact) mass is 706 g/mol. The van der Waals surface area contributed by atoms with Crippen molar-refractivity contribution in [1.82, 2.24) is 14.5 Å². The fourth-order valence-electron chi connectivity index (χ4n) is 7.36. The van der Waals surface area contributed by atoms with Gasteiger partial charge in [-0.05, 0) is 92.9 Å². The number of hydrogen-bond donors (Lipinski definition) is 1. The van der Waals surface area contributed by atoms with E-state index < -0.39 is 0 Å². The summed E-state index contributed by atoms with van der Waals surface area (Å²) in [6, 6.07) is 50.8. The summed E-state index contributed by atoms with van der Waals surface area (Å²) >= 11 is 0. The molecule has 0 bridgehead atoms. The molecule has 2 aromatic heterocycles. The fraction of sp³-hybridized carbons (Fsp3) is 0.184. The maximum Gasteiger partial charge on any atom is 0.145 e. The highest BCUT2D eigenvalue weighted by Crippen LogP contribution is 2.44. The van der Waals surface area contributed by atoms with Gasteiger partial charge in [-0.1, -0.05) is 133 Å². The van der Waals surface area contributed by atoms with Crippen molar-refractivity contribution < 1.29 is 5.11 Å². The molecular formula is C49H46N4O. The summed E-state index contributed by atoms with van der Waals surface area (Å²) in [6.45, 7) is 13.7. The number of aromatic nitrogens is 3. The highest BCUT2D eigenvalue weighted by atomic mass is 16.3. The zero-order valence-corrected chi connectivity index (χ0v) is 31.9. The van der Waals surface area contributed by atoms with E-state index in [-0.39, 0.29) is 16.6 Å². The van der Waals surface area contributed by atoms with E-state index in [1.165, 1.54) is 10.8 Å². The first-order valence-corrected chi connectivity index (χ1v) is 18.7. The Bertz CT molecular complexity index is 2570. The van der Waals surface area contributed by atoms with Gasteiger partial charge in [-0.25, -0.2) is 9.97 Å². The largest absolute Gasteiger partial charge is 0.507 e. The highest BCUT2D eigenvalue weighted by Gasteiger charge is 2.28. The average molecular weight is 707 g/mol. The second-order valence-corrected chi connectivity index (χ2v) is 16.2. The minimum absolute atomic E-state index is 0.137. The summed E-state index contributed by atoms with van der Waals surface area (Å²) in [6.07, 6.45) is 1.83. The summed E-state index contributed by atoms with van der Waals surface area (Å²) in [5, 5.41) is 14.6. The van der Waals surface area contributed by atoms with E-state index >= 15 is 0 Å². The molecule has 8 aromatic rings. The van der Waals surface area contributed by atoms with Crippen LogP contribution in [0.15, 0.2) is 152 Å². The number of aromatic hydroxyl groups is 1. The Labute approximate surface area is 318 Å². The lowest BCUT2D eigenvalue weighted by Gasteiger charge is -2.27. The predicted octanol–water partition coefficient (Wildman–Crippen LogP) is 12.7. The first kappa shape index (κ1) is 34.9. The number of nitrogens with zero attached hydrogens (tertiary/aromatic N) is 4. The summed E-state index contributed by atoms with van der Waals surface area (Å²) in [4.78, 5) is 12.4. The molecule has 0 unspecified atom stereocenters. The molecule has 0 radical (unpaired) electrons. The van der Waals surface area contributed by atoms with Crippen molar-refractivity contribution in [3.63, 3.8) is 0 Å². The second-order valence-electron chi connectivity index (χ2n) is 16.2. The summed E-state index contributed by atoms with van der Waals surface area (Å²) in [7, 11) is 0. The van der Waals surface area contributed by atoms with Crippen LogP contribution >= 0.6 is 0 Å². The third-order valence-electron chi connectivity index (χ3n) is 10.3. The minimum Gasteiger partial charge on any atom is -0.507 e. The predicted molar refractivity (Wildman–Crippen MR) is 225 cm³/mol. The molecule has 54 heavy (non-hydrogen) atoms. The number of imidazole rings is 1. The van der Waals surface area contributed by atoms with Crippen LogP contribution in [-0.4, -0.2) is 19.6 Å². The molecule has 1 N–H and O–H groups in total. The number of hydrogen-bond acceptors (Lipinski definition) is 4. The molecule has 0 aliphatic heterocycles. The van der Waals surface area contributed by atoms with Crippen molar-refractivity contribution in [3.8, 4) is 28.3 Å². The van der Waals surface area contributed by atoms with E-state index in [0.29, 0.717) is 6.54 Å². The number of fused-ring (bicyclic) bond motifs is 2. The van der Waals surface area contributed by atoms with Gasteiger partial charge in [0.05, 0.1) is 16.6 Å². The molecule has 0 amide bonds. The molecule has 0 aliphatic carbocycles. The summed E-state index contributed by atoms with van der Waals surface area (Å²) in [5.74, 6) is 1.86. The van der Waals surface area contributed by atoms with Crippen molar-refractivity contribution in [2.45, 2.75) is 58.9 Å². The number of anilines is 3. The van der Waals surface area contributed by atoms with E-state index in [0.717, 1.165) is 67.4 Å². The average Bonchev–Trinajstić information content (AvgIpc) is 3.53. The van der Waals surface area contributed by atoms with Crippen molar-refractivity contribution >= 4 is 39.0 Å². The Kier molecular flexibility index (Phi) is 8.81. The number of phenolic OH excluding ortho intramolecular Hbond substituents is 1. The van der Waals surface area contributed by atoms with E-state index in [4.69, 9.17) is 9.97 Å². The van der Waals surface area contributed by atoms with Crippen LogP contribution in [0.1, 0.15) is 58.2 Å². The normalized spacial score (nSPS) is 12.0. The van der Waals surface area contributed by atoms with Gasteiger partial charge in [0.2, 0.25) is 0 Å². The fourth-order valence-corrected chi connectivity index (χ4v) is 7.36. The molecular weight excluding hydrogens is 661 g/mol. The molecule has 5 heteroatoms. The molecule has 0 aliphatic rings. The molecule has 0 spiro atoms. The molecule has 2 heterocycles. The molecule has 5 nitrogen and oxygen atoms in total. The molecule has 268 valence electrons. The van der Waals surface area contributed by atoms with Crippen LogP contribution in [0.25, 0.3) is 44.3 Å². The topological polar surface area (TPSA) is 54.2 Å². The molecule has 8 rings (SSSR count). The van der Waals surface area contributed by atoms with Gasteiger partial charge in [0.15, 0.2) is 0 Å². The molecule has 0 atom stereocenters. The number of rotatable bonds is 7. The van der Waals surface area contributed by atoms with E-state index in [1.54, 1.807) is 0 Å². The van der Waals surface area contributed by atoms with Crippen LogP contribution in [0.3, 0.4) is 0 Å². The lowest BCUT2D eigenvalue weighted by molar-refractivity contribution is 0.446. The number of phenols is 1. The highest BCUT2D eigenvalue weighted by molar-refractivity contribution is 5.96. The number of benzene rings is 6. The maximum absolute atomic E-state index is 12.2. The van der Waals surface area contributed by atoms with E-state index in [1.807, 2.05) is 30.5 Å². The van der Waals surface area contributed by atoms with Crippen molar-refractivity contribution in [3.05, 3.63) is 168 Å². The van der Waals surface area contributed by atoms with Gasteiger partial charge in [-0.15, -0.1) is 0 Å². The third kappa shape index (κ3) is 6.62. The van der Waals surface area contributed by atoms with Gasteiger partial charge < -0.3 is 9.67 Å². The Morgan fingerprint density at radius 1 is 0.611 bits per heavy atom. The summed E-state index contributed by atoms with van der Waals surface area (Å²) in [5.41, 5.74) is 9.53. The van der Waals surface area contributed by atoms with Crippen LogP contribution < -0.4 is 4.90 Å². The Hall–Kier alpha value is -6.20. The number of para-hydroxylation sites is 2. The SMILES string of the molecule is CC(C)(C)c1cc(-c2nc3c(-c4cccc(N(c5ccccc5)c5ccccn5)c4)cccc3n2Cc2ccc3ccccc3c2)c(O)c(C(C)(C)C)c1. The van der Waals surface area contributed by atoms with Crippen molar-refractivity contribution in [2.24, 2.45) is 0 Å². The Morgan fingerprint density at radius 2 is 1.33 bits per heavy atom.